The molecule has 0 radical (unpaired) electrons. The van der Waals surface area contributed by atoms with Gasteiger partial charge in [0, 0.05) is 6.54 Å². The number of carboxylic acids is 1. The Labute approximate surface area is 93.5 Å². The second-order valence-corrected chi connectivity index (χ2v) is 4.03. The summed E-state index contributed by atoms with van der Waals surface area (Å²) in [6, 6.07) is 0. The first-order chi connectivity index (χ1) is 7.04. The van der Waals surface area contributed by atoms with Crippen LogP contribution in [0.2, 0.25) is 0 Å². The summed E-state index contributed by atoms with van der Waals surface area (Å²) in [5.41, 5.74) is 0. The molecule has 1 unspecified atom stereocenters. The molecule has 0 aliphatic rings. The molecule has 0 aliphatic heterocycles. The zero-order valence-electron chi connectivity index (χ0n) is 8.97. The van der Waals surface area contributed by atoms with Crippen molar-refractivity contribution >= 4 is 23.8 Å². The van der Waals surface area contributed by atoms with Crippen LogP contribution in [0.1, 0.15) is 26.2 Å². The molecule has 0 saturated heterocycles. The summed E-state index contributed by atoms with van der Waals surface area (Å²) in [5, 5.41) is 16.7. The van der Waals surface area contributed by atoms with Crippen LogP contribution >= 0.6 is 11.8 Å². The van der Waals surface area contributed by atoms with Gasteiger partial charge in [0.1, 0.15) is 0 Å². The Balaban J connectivity index is 4.35. The van der Waals surface area contributed by atoms with Crippen LogP contribution < -0.4 is 0 Å². The first-order valence-electron chi connectivity index (χ1n) is 4.79. The molecule has 0 fully saturated rings. The van der Waals surface area contributed by atoms with E-state index in [0.29, 0.717) is 6.42 Å². The van der Waals surface area contributed by atoms with Gasteiger partial charge in [-0.2, -0.15) is 0 Å². The minimum Gasteiger partial charge on any atom is -0.479 e. The van der Waals surface area contributed by atoms with Gasteiger partial charge in [-0.3, -0.25) is 4.90 Å². The third-order valence-corrected chi connectivity index (χ3v) is 2.87. The molecule has 15 heavy (non-hydrogen) atoms. The average Bonchev–Trinajstić information content (AvgIpc) is 2.16. The smallest absolute Gasteiger partial charge is 0.408 e. The number of carboxylic acid groups (broad SMARTS) is 2. The standard InChI is InChI=1S/C9H17NO4S/c1-3-4-5-6-10(9(13)14)7(15-2)8(11)12/h7H,3-6H2,1-2H3,(H,11,12)(H,13,14). The molecule has 0 saturated carbocycles. The van der Waals surface area contributed by atoms with Gasteiger partial charge in [-0.05, 0) is 12.7 Å². The third kappa shape index (κ3) is 4.92. The van der Waals surface area contributed by atoms with E-state index in [1.807, 2.05) is 6.92 Å². The minimum atomic E-state index is -1.17. The SMILES string of the molecule is CCCCCN(C(=O)O)C(SC)C(=O)O. The number of amides is 1. The highest BCUT2D eigenvalue weighted by Crippen LogP contribution is 2.14. The maximum Gasteiger partial charge on any atom is 0.408 e. The normalized spacial score (nSPS) is 12.1. The van der Waals surface area contributed by atoms with Crippen LogP contribution in [0.3, 0.4) is 0 Å². The van der Waals surface area contributed by atoms with Gasteiger partial charge in [0.15, 0.2) is 5.37 Å². The van der Waals surface area contributed by atoms with E-state index in [2.05, 4.69) is 0 Å². The highest BCUT2D eigenvalue weighted by Gasteiger charge is 2.27. The molecule has 0 rings (SSSR count). The fourth-order valence-electron chi connectivity index (χ4n) is 1.21. The summed E-state index contributed by atoms with van der Waals surface area (Å²) in [5.74, 6) is -1.11. The van der Waals surface area contributed by atoms with Crippen molar-refractivity contribution in [3.63, 3.8) is 0 Å². The average molecular weight is 235 g/mol. The van der Waals surface area contributed by atoms with Crippen molar-refractivity contribution in [3.8, 4) is 0 Å². The van der Waals surface area contributed by atoms with Crippen LogP contribution in [0.4, 0.5) is 4.79 Å². The van der Waals surface area contributed by atoms with E-state index < -0.39 is 17.4 Å². The molecule has 2 N–H and O–H groups in total. The Bertz CT molecular complexity index is 222. The van der Waals surface area contributed by atoms with Crippen molar-refractivity contribution in [1.82, 2.24) is 4.90 Å². The number of hydrogen-bond acceptors (Lipinski definition) is 3. The molecule has 0 aromatic heterocycles. The zero-order chi connectivity index (χ0) is 11.8. The van der Waals surface area contributed by atoms with Gasteiger partial charge in [-0.25, -0.2) is 9.59 Å². The molecule has 1 amide bonds. The summed E-state index contributed by atoms with van der Waals surface area (Å²) in [6.45, 7) is 2.29. The van der Waals surface area contributed by atoms with Gasteiger partial charge >= 0.3 is 12.1 Å². The predicted octanol–water partition coefficient (Wildman–Crippen LogP) is 1.93. The van der Waals surface area contributed by atoms with Crippen LogP contribution in [0.25, 0.3) is 0 Å². The molecule has 0 aromatic rings. The predicted molar refractivity (Wildman–Crippen MR) is 59.2 cm³/mol. The number of carbonyl (C=O) groups is 2. The van der Waals surface area contributed by atoms with Crippen molar-refractivity contribution in [2.45, 2.75) is 31.6 Å². The van der Waals surface area contributed by atoms with E-state index in [1.165, 1.54) is 0 Å². The van der Waals surface area contributed by atoms with Crippen molar-refractivity contribution in [3.05, 3.63) is 0 Å². The van der Waals surface area contributed by atoms with E-state index in [9.17, 15) is 9.59 Å². The van der Waals surface area contributed by atoms with Gasteiger partial charge in [-0.1, -0.05) is 19.8 Å². The lowest BCUT2D eigenvalue weighted by Gasteiger charge is -2.24. The molecule has 5 nitrogen and oxygen atoms in total. The first-order valence-corrected chi connectivity index (χ1v) is 6.08. The van der Waals surface area contributed by atoms with Crippen molar-refractivity contribution < 1.29 is 19.8 Å². The number of nitrogens with zero attached hydrogens (tertiary/aromatic N) is 1. The molecule has 0 aromatic carbocycles. The lowest BCUT2D eigenvalue weighted by molar-refractivity contribution is -0.139. The highest BCUT2D eigenvalue weighted by molar-refractivity contribution is 7.99. The zero-order valence-corrected chi connectivity index (χ0v) is 9.79. The Kier molecular flexibility index (Phi) is 6.94. The molecule has 0 heterocycles. The second-order valence-electron chi connectivity index (χ2n) is 3.11. The monoisotopic (exact) mass is 235 g/mol. The quantitative estimate of drug-likeness (QED) is 0.520. The van der Waals surface area contributed by atoms with E-state index in [0.717, 1.165) is 29.5 Å². The lowest BCUT2D eigenvalue weighted by Crippen LogP contribution is -2.42. The van der Waals surface area contributed by atoms with Crippen molar-refractivity contribution in [1.29, 1.82) is 0 Å². The first kappa shape index (κ1) is 14.1. The Morgan fingerprint density at radius 3 is 2.27 bits per heavy atom. The number of unbranched alkanes of at least 4 members (excludes halogenated alkanes) is 2. The van der Waals surface area contributed by atoms with Crippen LogP contribution in [-0.4, -0.2) is 45.3 Å². The molecule has 6 heteroatoms. The number of rotatable bonds is 7. The molecule has 0 spiro atoms. The van der Waals surface area contributed by atoms with Crippen molar-refractivity contribution in [2.24, 2.45) is 0 Å². The van der Waals surface area contributed by atoms with E-state index in [4.69, 9.17) is 10.2 Å². The fraction of sp³-hybridized carbons (Fsp3) is 0.778. The highest BCUT2D eigenvalue weighted by atomic mass is 32.2. The van der Waals surface area contributed by atoms with Gasteiger partial charge in [-0.15, -0.1) is 11.8 Å². The van der Waals surface area contributed by atoms with Gasteiger partial charge in [0.25, 0.3) is 0 Å². The maximum atomic E-state index is 10.8. The van der Waals surface area contributed by atoms with Gasteiger partial charge in [0.2, 0.25) is 0 Å². The molecular formula is C9H17NO4S. The Morgan fingerprint density at radius 2 is 1.93 bits per heavy atom. The van der Waals surface area contributed by atoms with Crippen LogP contribution in [0, 0.1) is 0 Å². The summed E-state index contributed by atoms with van der Waals surface area (Å²) < 4.78 is 0. The molecular weight excluding hydrogens is 218 g/mol. The second kappa shape index (κ2) is 7.39. The third-order valence-electron chi connectivity index (χ3n) is 1.97. The maximum absolute atomic E-state index is 10.8. The topological polar surface area (TPSA) is 77.8 Å². The summed E-state index contributed by atoms with van der Waals surface area (Å²) in [4.78, 5) is 22.6. The van der Waals surface area contributed by atoms with E-state index in [1.54, 1.807) is 6.26 Å². The molecule has 88 valence electrons. The lowest BCUT2D eigenvalue weighted by atomic mass is 10.2. The summed E-state index contributed by atoms with van der Waals surface area (Å²) in [6.07, 6.45) is 3.00. The van der Waals surface area contributed by atoms with E-state index in [-0.39, 0.29) is 6.54 Å². The summed E-state index contributed by atoms with van der Waals surface area (Å²) in [7, 11) is 0. The van der Waals surface area contributed by atoms with Crippen LogP contribution in [0.5, 0.6) is 0 Å². The largest absolute Gasteiger partial charge is 0.479 e. The fourth-order valence-corrected chi connectivity index (χ4v) is 1.86. The molecule has 0 bridgehead atoms. The Hall–Kier alpha value is -0.910. The Morgan fingerprint density at radius 1 is 1.33 bits per heavy atom. The number of thioether (sulfide) groups is 1. The van der Waals surface area contributed by atoms with Crippen LogP contribution in [-0.2, 0) is 4.79 Å². The summed E-state index contributed by atoms with van der Waals surface area (Å²) >= 11 is 1.02. The number of hydrogen-bond donors (Lipinski definition) is 2. The van der Waals surface area contributed by atoms with Gasteiger partial charge < -0.3 is 10.2 Å². The molecule has 1 atom stereocenters. The molecule has 0 aliphatic carbocycles. The van der Waals surface area contributed by atoms with E-state index >= 15 is 0 Å². The van der Waals surface area contributed by atoms with Crippen molar-refractivity contribution in [2.75, 3.05) is 12.8 Å². The number of aliphatic carboxylic acids is 1. The van der Waals surface area contributed by atoms with Gasteiger partial charge in [0.05, 0.1) is 0 Å². The minimum absolute atomic E-state index is 0.279. The van der Waals surface area contributed by atoms with Crippen LogP contribution in [0.15, 0.2) is 0 Å².